The maximum absolute atomic E-state index is 9.49. The first-order valence-corrected chi connectivity index (χ1v) is 6.04. The highest BCUT2D eigenvalue weighted by atomic mass is 16.3. The molecule has 0 amide bonds. The molecule has 0 aliphatic carbocycles. The molecule has 0 radical (unpaired) electrons. The van der Waals surface area contributed by atoms with Crippen molar-refractivity contribution in [3.05, 3.63) is 18.1 Å². The minimum absolute atomic E-state index is 0.195. The number of likely N-dealkylation sites (tertiary alicyclic amines) is 1. The van der Waals surface area contributed by atoms with Gasteiger partial charge in [-0.05, 0) is 6.42 Å². The number of terminal acetylenes is 1. The summed E-state index contributed by atoms with van der Waals surface area (Å²) in [5.74, 6) is 0.475. The summed E-state index contributed by atoms with van der Waals surface area (Å²) in [5, 5.41) is 9.49. The number of nitrogens with zero attached hydrogens (tertiary/aromatic N) is 3. The minimum Gasteiger partial charge on any atom is -0.392 e. The van der Waals surface area contributed by atoms with E-state index >= 15 is 0 Å². The van der Waals surface area contributed by atoms with Crippen molar-refractivity contribution in [1.29, 1.82) is 0 Å². The lowest BCUT2D eigenvalue weighted by atomic mass is 10.2. The fourth-order valence-corrected chi connectivity index (χ4v) is 2.33. The summed E-state index contributed by atoms with van der Waals surface area (Å²) in [5.41, 5.74) is 8.53. The highest BCUT2D eigenvalue weighted by molar-refractivity contribution is 5.86. The molecule has 3 rings (SSSR count). The molecule has 0 spiro atoms. The van der Waals surface area contributed by atoms with Gasteiger partial charge >= 0.3 is 0 Å². The molecule has 19 heavy (non-hydrogen) atoms. The Morgan fingerprint density at radius 1 is 1.47 bits per heavy atom. The van der Waals surface area contributed by atoms with Crippen LogP contribution in [0.15, 0.2) is 12.5 Å². The highest BCUT2D eigenvalue weighted by Crippen LogP contribution is 2.22. The molecule has 2 aromatic rings. The van der Waals surface area contributed by atoms with Gasteiger partial charge in [-0.1, -0.05) is 0 Å². The van der Waals surface area contributed by atoms with Crippen LogP contribution < -0.4 is 5.73 Å². The van der Waals surface area contributed by atoms with Crippen molar-refractivity contribution in [1.82, 2.24) is 19.9 Å². The number of hydrogen-bond donors (Lipinski definition) is 3. The minimum atomic E-state index is -0.195. The van der Waals surface area contributed by atoms with Crippen LogP contribution in [0, 0.1) is 12.8 Å². The lowest BCUT2D eigenvalue weighted by Gasteiger charge is -2.13. The maximum atomic E-state index is 9.49. The molecule has 0 unspecified atom stereocenters. The summed E-state index contributed by atoms with van der Waals surface area (Å²) in [4.78, 5) is 13.5. The molecule has 4 N–H and O–H groups in total. The van der Waals surface area contributed by atoms with Crippen molar-refractivity contribution in [2.45, 2.75) is 19.1 Å². The maximum Gasteiger partial charge on any atom is 0.151 e. The van der Waals surface area contributed by atoms with Crippen LogP contribution in [-0.2, 0) is 6.54 Å². The third kappa shape index (κ3) is 2.67. The van der Waals surface area contributed by atoms with Crippen LogP contribution in [0.4, 0.5) is 5.82 Å². The molecule has 3 heterocycles. The average Bonchev–Trinajstić information content (AvgIpc) is 3.01. The number of fused-ring (bicyclic) bond motifs is 1. The zero-order valence-corrected chi connectivity index (χ0v) is 10.6. The topological polar surface area (TPSA) is 91.1 Å². The fourth-order valence-electron chi connectivity index (χ4n) is 2.33. The van der Waals surface area contributed by atoms with Gasteiger partial charge in [0.1, 0.15) is 11.8 Å². The quantitative estimate of drug-likeness (QED) is 0.677. The van der Waals surface area contributed by atoms with E-state index in [4.69, 9.17) is 5.73 Å². The van der Waals surface area contributed by atoms with Crippen LogP contribution in [-0.4, -0.2) is 44.2 Å². The van der Waals surface area contributed by atoms with Crippen LogP contribution in [0.2, 0.25) is 0 Å². The van der Waals surface area contributed by atoms with E-state index in [0.29, 0.717) is 5.82 Å². The third-order valence-corrected chi connectivity index (χ3v) is 3.21. The largest absolute Gasteiger partial charge is 0.392 e. The molecule has 0 aromatic carbocycles. The van der Waals surface area contributed by atoms with Gasteiger partial charge in [-0.25, -0.2) is 9.97 Å². The molecule has 6 heteroatoms. The van der Waals surface area contributed by atoms with E-state index < -0.39 is 0 Å². The molecule has 100 valence electrons. The molecule has 6 nitrogen and oxygen atoms in total. The Kier molecular flexibility index (Phi) is 4.00. The van der Waals surface area contributed by atoms with Crippen LogP contribution in [0.5, 0.6) is 0 Å². The molecular weight excluding hydrogens is 242 g/mol. The summed E-state index contributed by atoms with van der Waals surface area (Å²) in [6.07, 6.45) is 12.0. The molecule has 1 fully saturated rings. The van der Waals surface area contributed by atoms with Crippen molar-refractivity contribution >= 4 is 16.9 Å². The normalized spacial score (nSPS) is 19.2. The SMILES string of the molecule is C#C.Nc1ncnc2c(CN3CC[C@@H](O)C3)c[nH]c12. The summed E-state index contributed by atoms with van der Waals surface area (Å²) < 4.78 is 0. The number of nitrogens with two attached hydrogens (primary N) is 1. The van der Waals surface area contributed by atoms with Gasteiger partial charge in [0, 0.05) is 31.4 Å². The Labute approximate surface area is 111 Å². The van der Waals surface area contributed by atoms with Crippen LogP contribution in [0.3, 0.4) is 0 Å². The number of H-pyrrole nitrogens is 1. The molecular formula is C13H17N5O. The van der Waals surface area contributed by atoms with E-state index in [1.165, 1.54) is 6.33 Å². The predicted octanol–water partition coefficient (Wildman–Crippen LogP) is 0.356. The van der Waals surface area contributed by atoms with Gasteiger partial charge in [0.25, 0.3) is 0 Å². The number of anilines is 1. The Bertz CT molecular complexity index is 577. The Morgan fingerprint density at radius 2 is 2.26 bits per heavy atom. The van der Waals surface area contributed by atoms with Crippen LogP contribution >= 0.6 is 0 Å². The Hall–Kier alpha value is -2.10. The number of nitrogen functional groups attached to an aromatic ring is 1. The smallest absolute Gasteiger partial charge is 0.151 e. The Morgan fingerprint density at radius 3 is 2.95 bits per heavy atom. The van der Waals surface area contributed by atoms with E-state index in [0.717, 1.165) is 42.7 Å². The first-order chi connectivity index (χ1) is 9.24. The number of aromatic nitrogens is 3. The van der Waals surface area contributed by atoms with Crippen molar-refractivity contribution in [2.75, 3.05) is 18.8 Å². The molecule has 1 saturated heterocycles. The second-order valence-electron chi connectivity index (χ2n) is 4.47. The second kappa shape index (κ2) is 5.69. The zero-order valence-electron chi connectivity index (χ0n) is 10.6. The third-order valence-electron chi connectivity index (χ3n) is 3.21. The molecule has 1 atom stereocenters. The van der Waals surface area contributed by atoms with E-state index in [1.54, 1.807) is 0 Å². The Balaban J connectivity index is 0.000000637. The predicted molar refractivity (Wildman–Crippen MR) is 74.1 cm³/mol. The van der Waals surface area contributed by atoms with Crippen LogP contribution in [0.1, 0.15) is 12.0 Å². The zero-order chi connectivity index (χ0) is 13.8. The summed E-state index contributed by atoms with van der Waals surface area (Å²) in [6.45, 7) is 2.44. The number of rotatable bonds is 2. The van der Waals surface area contributed by atoms with Crippen molar-refractivity contribution in [2.24, 2.45) is 0 Å². The average molecular weight is 259 g/mol. The van der Waals surface area contributed by atoms with E-state index in [1.807, 2.05) is 6.20 Å². The van der Waals surface area contributed by atoms with E-state index in [2.05, 4.69) is 32.7 Å². The number of hydrogen-bond acceptors (Lipinski definition) is 5. The van der Waals surface area contributed by atoms with Crippen LogP contribution in [0.25, 0.3) is 11.0 Å². The molecule has 1 aliphatic rings. The van der Waals surface area contributed by atoms with Gasteiger partial charge in [-0.3, -0.25) is 4.90 Å². The molecule has 0 bridgehead atoms. The first-order valence-electron chi connectivity index (χ1n) is 6.04. The summed E-state index contributed by atoms with van der Waals surface area (Å²) >= 11 is 0. The summed E-state index contributed by atoms with van der Waals surface area (Å²) in [7, 11) is 0. The lowest BCUT2D eigenvalue weighted by Crippen LogP contribution is -2.21. The van der Waals surface area contributed by atoms with Gasteiger partial charge < -0.3 is 15.8 Å². The van der Waals surface area contributed by atoms with E-state index in [9.17, 15) is 5.11 Å². The van der Waals surface area contributed by atoms with Gasteiger partial charge in [-0.15, -0.1) is 12.8 Å². The number of aliphatic hydroxyl groups is 1. The van der Waals surface area contributed by atoms with E-state index in [-0.39, 0.29) is 6.10 Å². The number of aliphatic hydroxyl groups excluding tert-OH is 1. The molecule has 0 saturated carbocycles. The highest BCUT2D eigenvalue weighted by Gasteiger charge is 2.21. The second-order valence-corrected chi connectivity index (χ2v) is 4.47. The monoisotopic (exact) mass is 259 g/mol. The number of aromatic amines is 1. The fraction of sp³-hybridized carbons (Fsp3) is 0.385. The lowest BCUT2D eigenvalue weighted by molar-refractivity contribution is 0.175. The number of nitrogens with one attached hydrogen (secondary N) is 1. The standard InChI is InChI=1S/C11H15N5O.C2H2/c12-11-10-9(14-6-15-11)7(3-13-10)4-16-2-1-8(17)5-16;1-2/h3,6,8,13,17H,1-2,4-5H2,(H2,12,14,15);1-2H/t8-;/m1./s1. The first kappa shape index (κ1) is 13.3. The van der Waals surface area contributed by atoms with Gasteiger partial charge in [0.15, 0.2) is 5.82 Å². The van der Waals surface area contributed by atoms with Gasteiger partial charge in [-0.2, -0.15) is 0 Å². The van der Waals surface area contributed by atoms with Crippen molar-refractivity contribution in [3.63, 3.8) is 0 Å². The summed E-state index contributed by atoms with van der Waals surface area (Å²) in [6, 6.07) is 0. The van der Waals surface area contributed by atoms with Gasteiger partial charge in [0.05, 0.1) is 11.6 Å². The van der Waals surface area contributed by atoms with Crippen molar-refractivity contribution in [3.8, 4) is 12.8 Å². The number of β-amino-alcohol motifs (C(OH)–C–C–N with tert-alkyl or cyclic N) is 1. The van der Waals surface area contributed by atoms with Crippen molar-refractivity contribution < 1.29 is 5.11 Å². The van der Waals surface area contributed by atoms with Gasteiger partial charge in [0.2, 0.25) is 0 Å². The molecule has 1 aliphatic heterocycles. The molecule has 2 aromatic heterocycles.